The number of methoxy groups -OCH3 is 1. The number of aromatic nitrogens is 4. The van der Waals surface area contributed by atoms with E-state index in [2.05, 4.69) is 122 Å². The Morgan fingerprint density at radius 3 is 2.08 bits per heavy atom. The topological polar surface area (TPSA) is 140 Å². The molecule has 3 aromatic carbocycles. The smallest absolute Gasteiger partial charge is 0.407 e. The summed E-state index contributed by atoms with van der Waals surface area (Å²) in [5.41, 5.74) is 8.85. The molecule has 2 aromatic heterocycles. The normalized spacial score (nSPS) is 21.1. The molecule has 0 radical (unpaired) electrons. The summed E-state index contributed by atoms with van der Waals surface area (Å²) in [4.78, 5) is 62.5. The van der Waals surface area contributed by atoms with Crippen molar-refractivity contribution in [2.75, 3.05) is 25.1 Å². The Balaban J connectivity index is 1.05. The van der Waals surface area contributed by atoms with E-state index in [0.717, 1.165) is 79.0 Å². The van der Waals surface area contributed by atoms with E-state index in [0.29, 0.717) is 18.9 Å². The minimum absolute atomic E-state index is 0.00331. The molecule has 3 aliphatic heterocycles. The van der Waals surface area contributed by atoms with Gasteiger partial charge in [-0.1, -0.05) is 90.9 Å². The van der Waals surface area contributed by atoms with Crippen LogP contribution in [0.1, 0.15) is 146 Å². The minimum Gasteiger partial charge on any atom is -0.453 e. The van der Waals surface area contributed by atoms with Crippen molar-refractivity contribution in [3.8, 4) is 11.3 Å². The molecular formula is C50H64N8O4. The molecule has 12 heteroatoms. The number of alkyl carbamates (subject to hydrolysis) is 1. The molecule has 0 spiro atoms. The number of amides is 3. The molecule has 0 bridgehead atoms. The molecule has 8 rings (SSSR count). The Labute approximate surface area is 366 Å². The van der Waals surface area contributed by atoms with Gasteiger partial charge < -0.3 is 34.7 Å². The molecule has 3 N–H and O–H groups in total. The van der Waals surface area contributed by atoms with Gasteiger partial charge in [-0.15, -0.1) is 0 Å². The van der Waals surface area contributed by atoms with Gasteiger partial charge in [-0.2, -0.15) is 0 Å². The van der Waals surface area contributed by atoms with Crippen LogP contribution in [0.25, 0.3) is 22.3 Å². The van der Waals surface area contributed by atoms with Gasteiger partial charge in [0.15, 0.2) is 0 Å². The van der Waals surface area contributed by atoms with Crippen LogP contribution in [-0.4, -0.2) is 73.9 Å². The third kappa shape index (κ3) is 8.70. The molecule has 5 atom stereocenters. The van der Waals surface area contributed by atoms with Gasteiger partial charge in [0.25, 0.3) is 0 Å². The maximum atomic E-state index is 13.9. The van der Waals surface area contributed by atoms with Crippen LogP contribution in [-0.2, 0) is 19.7 Å². The number of fused-ring (bicyclic) bond motifs is 1. The number of likely N-dealkylation sites (tertiary alicyclic amines) is 2. The second-order valence-electron chi connectivity index (χ2n) is 19.4. The standard InChI is InChI=1S/C50H64N8O4/c1-30(2)27-44(59)56-25-9-11-42(56)46-51-29-39(54-46)32-13-15-33(16-14-32)40-23-24-41(58(40)36-20-18-35(19-21-36)50(5,6)7)34-17-22-37-38(28-34)53-47(52-37)43-12-10-26-57(43)48(60)45(31(3)4)55-49(61)62-8/h13-22,28-31,40-43,45H,9-12,23-27H2,1-8H3,(H,51,54)(H,52,53)(H,55,61)/t40-,41-,42+,43+,45+/m1/s1. The highest BCUT2D eigenvalue weighted by Crippen LogP contribution is 2.48. The van der Waals surface area contributed by atoms with Crippen LogP contribution in [0.2, 0.25) is 0 Å². The quantitative estimate of drug-likeness (QED) is 0.120. The summed E-state index contributed by atoms with van der Waals surface area (Å²) in [6.45, 7) is 16.2. The second-order valence-corrected chi connectivity index (χ2v) is 19.4. The average Bonchev–Trinajstić information content (AvgIpc) is 4.10. The number of aromatic amines is 2. The number of imidazole rings is 2. The average molecular weight is 841 g/mol. The van der Waals surface area contributed by atoms with Crippen LogP contribution in [0.4, 0.5) is 10.5 Å². The monoisotopic (exact) mass is 841 g/mol. The lowest BCUT2D eigenvalue weighted by Gasteiger charge is -2.34. The largest absolute Gasteiger partial charge is 0.453 e. The van der Waals surface area contributed by atoms with Crippen molar-refractivity contribution in [2.45, 2.75) is 129 Å². The number of ether oxygens (including phenoxy) is 1. The van der Waals surface area contributed by atoms with E-state index in [1.165, 1.54) is 29.5 Å². The number of nitrogens with one attached hydrogen (secondary N) is 3. The third-order valence-electron chi connectivity index (χ3n) is 13.2. The highest BCUT2D eigenvalue weighted by Gasteiger charge is 2.39. The van der Waals surface area contributed by atoms with Crippen molar-refractivity contribution in [1.29, 1.82) is 0 Å². The lowest BCUT2D eigenvalue weighted by atomic mass is 9.87. The maximum absolute atomic E-state index is 13.9. The first-order chi connectivity index (χ1) is 29.7. The van der Waals surface area contributed by atoms with Crippen LogP contribution >= 0.6 is 0 Å². The molecule has 0 aliphatic carbocycles. The van der Waals surface area contributed by atoms with Crippen LogP contribution in [0, 0.1) is 11.8 Å². The zero-order valence-corrected chi connectivity index (χ0v) is 37.7. The highest BCUT2D eigenvalue weighted by atomic mass is 16.5. The summed E-state index contributed by atoms with van der Waals surface area (Å²) in [5.74, 6) is 1.95. The predicted octanol–water partition coefficient (Wildman–Crippen LogP) is 10.1. The molecule has 12 nitrogen and oxygen atoms in total. The molecule has 62 heavy (non-hydrogen) atoms. The zero-order valence-electron chi connectivity index (χ0n) is 37.7. The van der Waals surface area contributed by atoms with E-state index >= 15 is 0 Å². The summed E-state index contributed by atoms with van der Waals surface area (Å²) >= 11 is 0. The van der Waals surface area contributed by atoms with E-state index in [1.54, 1.807) is 0 Å². The number of H-pyrrole nitrogens is 2. The first-order valence-corrected chi connectivity index (χ1v) is 22.7. The molecular weight excluding hydrogens is 777 g/mol. The number of carbonyl (C=O) groups excluding carboxylic acids is 3. The van der Waals surface area contributed by atoms with Gasteiger partial charge in [0.2, 0.25) is 11.8 Å². The number of hydrogen-bond acceptors (Lipinski definition) is 7. The van der Waals surface area contributed by atoms with Crippen molar-refractivity contribution < 1.29 is 19.1 Å². The van der Waals surface area contributed by atoms with E-state index in [1.807, 2.05) is 29.8 Å². The molecule has 3 aliphatic rings. The Morgan fingerprint density at radius 2 is 1.44 bits per heavy atom. The van der Waals surface area contributed by atoms with Gasteiger partial charge in [0.05, 0.1) is 54.2 Å². The Hall–Kier alpha value is -5.65. The SMILES string of the molecule is COC(=O)N[C@H](C(=O)N1CCC[C@H]1c1nc2ccc([C@H]3CC[C@H](c4ccc(-c5cnc([C@@H]6CCCN6C(=O)CC(C)C)[nH]5)cc4)N3c3ccc(C(C)(C)C)cc3)cc2[nH]1)C(C)C. The van der Waals surface area contributed by atoms with Gasteiger partial charge in [-0.3, -0.25) is 9.59 Å². The third-order valence-corrected chi connectivity index (χ3v) is 13.2. The molecule has 3 fully saturated rings. The van der Waals surface area contributed by atoms with Crippen LogP contribution in [0.3, 0.4) is 0 Å². The van der Waals surface area contributed by atoms with Gasteiger partial charge in [0.1, 0.15) is 17.7 Å². The maximum Gasteiger partial charge on any atom is 0.407 e. The molecule has 0 saturated carbocycles. The number of benzene rings is 3. The van der Waals surface area contributed by atoms with E-state index < -0.39 is 12.1 Å². The first kappa shape index (κ1) is 43.0. The number of anilines is 1. The van der Waals surface area contributed by atoms with E-state index in [4.69, 9.17) is 14.7 Å². The Kier molecular flexibility index (Phi) is 12.2. The predicted molar refractivity (Wildman–Crippen MR) is 243 cm³/mol. The van der Waals surface area contributed by atoms with Gasteiger partial charge in [0, 0.05) is 25.2 Å². The highest BCUT2D eigenvalue weighted by molar-refractivity contribution is 5.86. The molecule has 0 unspecified atom stereocenters. The Bertz CT molecular complexity index is 2380. The fraction of sp³-hybridized carbons (Fsp3) is 0.500. The summed E-state index contributed by atoms with van der Waals surface area (Å²) in [6, 6.07) is 24.0. The zero-order chi connectivity index (χ0) is 43.9. The van der Waals surface area contributed by atoms with Crippen molar-refractivity contribution in [3.63, 3.8) is 0 Å². The van der Waals surface area contributed by atoms with Crippen LogP contribution < -0.4 is 10.2 Å². The lowest BCUT2D eigenvalue weighted by Crippen LogP contribution is -2.51. The van der Waals surface area contributed by atoms with Gasteiger partial charge >= 0.3 is 6.09 Å². The first-order valence-electron chi connectivity index (χ1n) is 22.7. The summed E-state index contributed by atoms with van der Waals surface area (Å²) in [7, 11) is 1.31. The lowest BCUT2D eigenvalue weighted by molar-refractivity contribution is -0.135. The summed E-state index contributed by atoms with van der Waals surface area (Å²) in [5, 5.41) is 2.75. The Morgan fingerprint density at radius 1 is 0.790 bits per heavy atom. The fourth-order valence-electron chi connectivity index (χ4n) is 9.92. The molecule has 5 heterocycles. The van der Waals surface area contributed by atoms with Crippen molar-refractivity contribution in [1.82, 2.24) is 35.1 Å². The molecule has 3 saturated heterocycles. The van der Waals surface area contributed by atoms with Crippen molar-refractivity contribution in [3.05, 3.63) is 101 Å². The number of nitrogens with zero attached hydrogens (tertiary/aromatic N) is 5. The minimum atomic E-state index is -0.687. The van der Waals surface area contributed by atoms with Gasteiger partial charge in [-0.05, 0) is 102 Å². The van der Waals surface area contributed by atoms with E-state index in [9.17, 15) is 14.4 Å². The summed E-state index contributed by atoms with van der Waals surface area (Å²) < 4.78 is 4.83. The van der Waals surface area contributed by atoms with Gasteiger partial charge in [-0.25, -0.2) is 14.8 Å². The van der Waals surface area contributed by atoms with Crippen LogP contribution in [0.15, 0.2) is 72.9 Å². The number of carbonyl (C=O) groups is 3. The second kappa shape index (κ2) is 17.6. The number of rotatable bonds is 11. The van der Waals surface area contributed by atoms with Crippen molar-refractivity contribution in [2.24, 2.45) is 11.8 Å². The van der Waals surface area contributed by atoms with Crippen molar-refractivity contribution >= 4 is 34.6 Å². The molecule has 5 aromatic rings. The summed E-state index contributed by atoms with van der Waals surface area (Å²) in [6.07, 6.45) is 7.40. The molecule has 328 valence electrons. The number of hydrogen-bond donors (Lipinski definition) is 3. The van der Waals surface area contributed by atoms with E-state index in [-0.39, 0.29) is 47.3 Å². The fourth-order valence-corrected chi connectivity index (χ4v) is 9.92. The molecule has 3 amide bonds. The van der Waals surface area contributed by atoms with Crippen LogP contribution in [0.5, 0.6) is 0 Å².